The van der Waals surface area contributed by atoms with Gasteiger partial charge in [-0.25, -0.2) is 13.2 Å². The van der Waals surface area contributed by atoms with Crippen LogP contribution in [-0.4, -0.2) is 54.1 Å². The predicted molar refractivity (Wildman–Crippen MR) is 153 cm³/mol. The molecule has 0 saturated carbocycles. The summed E-state index contributed by atoms with van der Waals surface area (Å²) in [6.45, 7) is 4.65. The van der Waals surface area contributed by atoms with Gasteiger partial charge in [0.25, 0.3) is 11.5 Å². The van der Waals surface area contributed by atoms with Crippen LogP contribution in [0.1, 0.15) is 52.6 Å². The molecule has 0 radical (unpaired) electrons. The van der Waals surface area contributed by atoms with Gasteiger partial charge in [-0.1, -0.05) is 18.6 Å². The number of hydrogen-bond acceptors (Lipinski definition) is 8. The van der Waals surface area contributed by atoms with E-state index in [1.807, 2.05) is 13.0 Å². The normalized spacial score (nSPS) is 14.2. The van der Waals surface area contributed by atoms with Crippen molar-refractivity contribution in [2.75, 3.05) is 25.0 Å². The molecule has 0 spiro atoms. The number of hydrogen-bond donors (Lipinski definition) is 1. The van der Waals surface area contributed by atoms with Crippen molar-refractivity contribution in [3.8, 4) is 5.69 Å². The van der Waals surface area contributed by atoms with Crippen molar-refractivity contribution in [1.29, 1.82) is 0 Å². The summed E-state index contributed by atoms with van der Waals surface area (Å²) in [7, 11) is -3.63. The summed E-state index contributed by atoms with van der Waals surface area (Å²) in [4.78, 5) is 39.7. The molecule has 1 aliphatic heterocycles. The molecule has 12 heteroatoms. The number of carbonyl (C=O) groups excluding carboxylic acids is 2. The number of fused-ring (bicyclic) bond motifs is 1. The van der Waals surface area contributed by atoms with E-state index in [1.54, 1.807) is 30.5 Å². The van der Waals surface area contributed by atoms with Gasteiger partial charge in [0, 0.05) is 29.4 Å². The highest BCUT2D eigenvalue weighted by Gasteiger charge is 2.27. The van der Waals surface area contributed by atoms with E-state index < -0.39 is 27.5 Å². The first-order chi connectivity index (χ1) is 19.2. The monoisotopic (exact) mass is 580 g/mol. The van der Waals surface area contributed by atoms with Crippen molar-refractivity contribution in [1.82, 2.24) is 14.1 Å². The number of thiophene rings is 1. The smallest absolute Gasteiger partial charge is 0.359 e. The van der Waals surface area contributed by atoms with E-state index in [2.05, 4.69) is 10.4 Å². The first kappa shape index (κ1) is 27.7. The number of piperidine rings is 1. The van der Waals surface area contributed by atoms with Crippen LogP contribution >= 0.6 is 11.3 Å². The fourth-order valence-electron chi connectivity index (χ4n) is 4.63. The first-order valence-electron chi connectivity index (χ1n) is 12.9. The van der Waals surface area contributed by atoms with E-state index in [-0.39, 0.29) is 38.5 Å². The molecule has 0 bridgehead atoms. The average Bonchev–Trinajstić information content (AvgIpc) is 3.38. The Kier molecular flexibility index (Phi) is 7.83. The molecule has 208 valence electrons. The maximum Gasteiger partial charge on any atom is 0.359 e. The highest BCUT2D eigenvalue weighted by atomic mass is 32.2. The molecule has 1 fully saturated rings. The fourth-order valence-corrected chi connectivity index (χ4v) is 7.08. The highest BCUT2D eigenvalue weighted by Crippen LogP contribution is 2.31. The Morgan fingerprint density at radius 2 is 1.80 bits per heavy atom. The molecule has 0 unspecified atom stereocenters. The summed E-state index contributed by atoms with van der Waals surface area (Å²) in [6, 6.07) is 12.8. The number of anilines is 1. The van der Waals surface area contributed by atoms with E-state index in [0.717, 1.165) is 40.8 Å². The Morgan fingerprint density at radius 3 is 2.48 bits per heavy atom. The van der Waals surface area contributed by atoms with Gasteiger partial charge in [0.15, 0.2) is 5.69 Å². The minimum Gasteiger partial charge on any atom is -0.461 e. The zero-order valence-corrected chi connectivity index (χ0v) is 23.7. The number of aryl methyl sites for hydroxylation is 1. The number of rotatable bonds is 7. The number of amides is 1. The molecule has 1 amide bonds. The lowest BCUT2D eigenvalue weighted by Gasteiger charge is -2.25. The molecule has 1 N–H and O–H groups in total. The van der Waals surface area contributed by atoms with Gasteiger partial charge in [0.1, 0.15) is 5.00 Å². The van der Waals surface area contributed by atoms with Gasteiger partial charge in [0.05, 0.1) is 22.6 Å². The van der Waals surface area contributed by atoms with E-state index in [1.165, 1.54) is 28.6 Å². The van der Waals surface area contributed by atoms with Crippen molar-refractivity contribution in [3.05, 3.63) is 81.1 Å². The first-order valence-corrected chi connectivity index (χ1v) is 15.2. The number of benzene rings is 2. The highest BCUT2D eigenvalue weighted by molar-refractivity contribution is 7.89. The third-order valence-corrected chi connectivity index (χ3v) is 9.47. The summed E-state index contributed by atoms with van der Waals surface area (Å²) in [5.74, 6) is -1.21. The molecule has 2 aromatic heterocycles. The molecule has 2 aromatic carbocycles. The molecule has 3 heterocycles. The maximum atomic E-state index is 13.6. The molecule has 1 saturated heterocycles. The van der Waals surface area contributed by atoms with E-state index in [0.29, 0.717) is 18.8 Å². The minimum absolute atomic E-state index is 0.0398. The van der Waals surface area contributed by atoms with Crippen LogP contribution in [0.4, 0.5) is 5.00 Å². The number of ether oxygens (including phenoxy) is 1. The summed E-state index contributed by atoms with van der Waals surface area (Å²) >= 11 is 1.09. The lowest BCUT2D eigenvalue weighted by Crippen LogP contribution is -2.35. The van der Waals surface area contributed by atoms with Crippen LogP contribution in [0.3, 0.4) is 0 Å². The van der Waals surface area contributed by atoms with E-state index in [9.17, 15) is 22.8 Å². The number of aromatic nitrogens is 2. The molecule has 4 aromatic rings. The molecule has 10 nitrogen and oxygen atoms in total. The summed E-state index contributed by atoms with van der Waals surface area (Å²) in [6.07, 6.45) is 2.66. The van der Waals surface area contributed by atoms with Gasteiger partial charge < -0.3 is 10.1 Å². The van der Waals surface area contributed by atoms with Gasteiger partial charge in [-0.15, -0.1) is 11.3 Å². The molecular weight excluding hydrogens is 552 g/mol. The minimum atomic E-state index is -3.63. The Hall–Kier alpha value is -3.87. The second kappa shape index (κ2) is 11.3. The van der Waals surface area contributed by atoms with Gasteiger partial charge in [-0.05, 0) is 68.7 Å². The number of nitrogens with one attached hydrogen (secondary N) is 1. The zero-order valence-electron chi connectivity index (χ0n) is 22.0. The van der Waals surface area contributed by atoms with Crippen LogP contribution in [-0.2, 0) is 14.8 Å². The SMILES string of the molecule is CCOC(=O)c1nn(-c2cccc(C)c2)c(=O)c2c(NC(=O)c3ccc(S(=O)(=O)N4CCCCC4)cc3)scc12. The van der Waals surface area contributed by atoms with Crippen molar-refractivity contribution in [2.24, 2.45) is 0 Å². The average molecular weight is 581 g/mol. The number of nitrogens with zero attached hydrogens (tertiary/aromatic N) is 3. The van der Waals surface area contributed by atoms with Gasteiger partial charge in [-0.2, -0.15) is 14.1 Å². The Balaban J connectivity index is 1.50. The van der Waals surface area contributed by atoms with Crippen LogP contribution in [0.2, 0.25) is 0 Å². The van der Waals surface area contributed by atoms with Gasteiger partial charge in [0.2, 0.25) is 10.0 Å². The Labute approximate surface area is 235 Å². The molecule has 1 aliphatic rings. The van der Waals surface area contributed by atoms with Crippen LogP contribution in [0.25, 0.3) is 16.5 Å². The number of esters is 1. The lowest BCUT2D eigenvalue weighted by atomic mass is 10.2. The van der Waals surface area contributed by atoms with Crippen molar-refractivity contribution >= 4 is 49.0 Å². The third kappa shape index (κ3) is 5.29. The van der Waals surface area contributed by atoms with Crippen molar-refractivity contribution in [3.63, 3.8) is 0 Å². The quantitative estimate of drug-likeness (QED) is 0.322. The Morgan fingerprint density at radius 1 is 1.07 bits per heavy atom. The number of carbonyl (C=O) groups is 2. The van der Waals surface area contributed by atoms with Gasteiger partial charge in [-0.3, -0.25) is 9.59 Å². The van der Waals surface area contributed by atoms with Crippen LogP contribution in [0.15, 0.2) is 63.6 Å². The summed E-state index contributed by atoms with van der Waals surface area (Å²) in [5.41, 5.74) is 1.04. The lowest BCUT2D eigenvalue weighted by molar-refractivity contribution is 0.0519. The maximum absolute atomic E-state index is 13.6. The summed E-state index contributed by atoms with van der Waals surface area (Å²) < 4.78 is 33.7. The van der Waals surface area contributed by atoms with Crippen molar-refractivity contribution in [2.45, 2.75) is 38.0 Å². The largest absolute Gasteiger partial charge is 0.461 e. The zero-order chi connectivity index (χ0) is 28.4. The fraction of sp³-hybridized carbons (Fsp3) is 0.286. The van der Waals surface area contributed by atoms with Gasteiger partial charge >= 0.3 is 5.97 Å². The van der Waals surface area contributed by atoms with E-state index in [4.69, 9.17) is 4.74 Å². The second-order valence-electron chi connectivity index (χ2n) is 9.42. The van der Waals surface area contributed by atoms with Crippen LogP contribution in [0.5, 0.6) is 0 Å². The number of sulfonamides is 1. The topological polar surface area (TPSA) is 128 Å². The standard InChI is InChI=1S/C28H28N4O6S2/c1-3-38-28(35)24-22-17-39-26(23(22)27(34)32(30-24)20-9-7-8-18(2)16-20)29-25(33)19-10-12-21(13-11-19)40(36,37)31-14-5-4-6-15-31/h7-13,16-17H,3-6,14-15H2,1-2H3,(H,29,33). The van der Waals surface area contributed by atoms with Crippen molar-refractivity contribution < 1.29 is 22.7 Å². The third-order valence-electron chi connectivity index (χ3n) is 6.66. The van der Waals surface area contributed by atoms with E-state index >= 15 is 0 Å². The summed E-state index contributed by atoms with van der Waals surface area (Å²) in [5, 5.41) is 9.30. The second-order valence-corrected chi connectivity index (χ2v) is 12.2. The molecular formula is C28H28N4O6S2. The molecule has 0 aliphatic carbocycles. The molecule has 40 heavy (non-hydrogen) atoms. The van der Waals surface area contributed by atoms with Crippen LogP contribution in [0, 0.1) is 6.92 Å². The Bertz CT molecular complexity index is 1750. The molecule has 0 atom stereocenters. The predicted octanol–water partition coefficient (Wildman–Crippen LogP) is 4.36. The molecule has 5 rings (SSSR count). The van der Waals surface area contributed by atoms with Crippen LogP contribution < -0.4 is 10.9 Å².